The maximum absolute atomic E-state index is 12.5. The first kappa shape index (κ1) is 18.4. The van der Waals surface area contributed by atoms with Gasteiger partial charge < -0.3 is 15.4 Å². The lowest BCUT2D eigenvalue weighted by Crippen LogP contribution is -2.24. The quantitative estimate of drug-likeness (QED) is 0.667. The van der Waals surface area contributed by atoms with Gasteiger partial charge in [-0.15, -0.1) is 0 Å². The molecule has 6 nitrogen and oxygen atoms in total. The molecule has 0 aliphatic rings. The van der Waals surface area contributed by atoms with E-state index in [0.717, 1.165) is 11.3 Å². The van der Waals surface area contributed by atoms with Gasteiger partial charge >= 0.3 is 0 Å². The van der Waals surface area contributed by atoms with Gasteiger partial charge in [0.25, 0.3) is 5.91 Å². The average Bonchev–Trinajstić information content (AvgIpc) is 2.68. The smallest absolute Gasteiger partial charge is 0.270 e. The number of benzene rings is 2. The van der Waals surface area contributed by atoms with Crippen LogP contribution in [0.25, 0.3) is 0 Å². The number of amides is 1. The molecule has 0 aliphatic carbocycles. The van der Waals surface area contributed by atoms with E-state index >= 15 is 0 Å². The fourth-order valence-corrected chi connectivity index (χ4v) is 2.58. The molecule has 1 aromatic heterocycles. The standard InChI is InChI=1S/C21H22N4O2/c1-3-27-19-12-8-7-11-17(19)24-21-23-15(2)13-18(25-21)20(26)22-14-16-9-5-4-6-10-16/h4-13H,3,14H2,1-2H3,(H,22,26)(H,23,24,25). The molecule has 2 N–H and O–H groups in total. The lowest BCUT2D eigenvalue weighted by Gasteiger charge is -2.12. The van der Waals surface area contributed by atoms with Crippen molar-refractivity contribution in [3.63, 3.8) is 0 Å². The SMILES string of the molecule is CCOc1ccccc1Nc1nc(C)cc(C(=O)NCc2ccccc2)n1. The molecular weight excluding hydrogens is 340 g/mol. The lowest BCUT2D eigenvalue weighted by atomic mass is 10.2. The van der Waals surface area contributed by atoms with E-state index in [4.69, 9.17) is 4.74 Å². The van der Waals surface area contributed by atoms with Crippen molar-refractivity contribution in [2.24, 2.45) is 0 Å². The zero-order valence-electron chi connectivity index (χ0n) is 15.4. The average molecular weight is 362 g/mol. The number of aryl methyl sites for hydroxylation is 1. The van der Waals surface area contributed by atoms with Crippen molar-refractivity contribution in [3.05, 3.63) is 77.6 Å². The van der Waals surface area contributed by atoms with Gasteiger partial charge in [-0.3, -0.25) is 4.79 Å². The molecule has 2 aromatic carbocycles. The van der Waals surface area contributed by atoms with E-state index in [1.807, 2.05) is 68.4 Å². The summed E-state index contributed by atoms with van der Waals surface area (Å²) in [4.78, 5) is 21.2. The first-order valence-corrected chi connectivity index (χ1v) is 8.82. The third kappa shape index (κ3) is 5.04. The maximum atomic E-state index is 12.5. The fraction of sp³-hybridized carbons (Fsp3) is 0.190. The molecule has 0 fully saturated rings. The van der Waals surface area contributed by atoms with Crippen molar-refractivity contribution in [1.82, 2.24) is 15.3 Å². The molecule has 0 saturated heterocycles. The zero-order valence-corrected chi connectivity index (χ0v) is 15.4. The number of anilines is 2. The number of rotatable bonds is 7. The van der Waals surface area contributed by atoms with Crippen LogP contribution in [0.5, 0.6) is 5.75 Å². The topological polar surface area (TPSA) is 76.1 Å². The van der Waals surface area contributed by atoms with Gasteiger partial charge in [0.05, 0.1) is 12.3 Å². The molecule has 1 amide bonds. The van der Waals surface area contributed by atoms with Crippen LogP contribution in [0.2, 0.25) is 0 Å². The van der Waals surface area contributed by atoms with Crippen molar-refractivity contribution < 1.29 is 9.53 Å². The minimum Gasteiger partial charge on any atom is -0.492 e. The summed E-state index contributed by atoms with van der Waals surface area (Å²) >= 11 is 0. The number of para-hydroxylation sites is 2. The van der Waals surface area contributed by atoms with Gasteiger partial charge in [0.1, 0.15) is 11.4 Å². The largest absolute Gasteiger partial charge is 0.492 e. The first-order valence-electron chi connectivity index (χ1n) is 8.82. The summed E-state index contributed by atoms with van der Waals surface area (Å²) in [5.41, 5.74) is 2.79. The molecule has 0 unspecified atom stereocenters. The molecule has 0 aliphatic heterocycles. The summed E-state index contributed by atoms with van der Waals surface area (Å²) in [6, 6.07) is 19.0. The molecule has 3 aromatic rings. The summed E-state index contributed by atoms with van der Waals surface area (Å²) in [5, 5.41) is 6.02. The molecule has 0 bridgehead atoms. The van der Waals surface area contributed by atoms with Crippen molar-refractivity contribution in [3.8, 4) is 5.75 Å². The van der Waals surface area contributed by atoms with Gasteiger partial charge in [0.2, 0.25) is 5.95 Å². The number of hydrogen-bond donors (Lipinski definition) is 2. The van der Waals surface area contributed by atoms with Gasteiger partial charge in [-0.2, -0.15) is 0 Å². The van der Waals surface area contributed by atoms with Crippen molar-refractivity contribution in [2.45, 2.75) is 20.4 Å². The Balaban J connectivity index is 1.75. The van der Waals surface area contributed by atoms with Gasteiger partial charge in [-0.1, -0.05) is 42.5 Å². The van der Waals surface area contributed by atoms with Crippen molar-refractivity contribution >= 4 is 17.5 Å². The highest BCUT2D eigenvalue weighted by molar-refractivity contribution is 5.92. The van der Waals surface area contributed by atoms with Gasteiger partial charge in [-0.05, 0) is 37.6 Å². The number of nitrogens with zero attached hydrogens (tertiary/aromatic N) is 2. The second-order valence-electron chi connectivity index (χ2n) is 5.94. The highest BCUT2D eigenvalue weighted by Crippen LogP contribution is 2.26. The normalized spacial score (nSPS) is 10.3. The predicted molar refractivity (Wildman–Crippen MR) is 105 cm³/mol. The molecule has 1 heterocycles. The Bertz CT molecular complexity index is 913. The molecule has 0 radical (unpaired) electrons. The number of ether oxygens (including phenoxy) is 1. The number of hydrogen-bond acceptors (Lipinski definition) is 5. The van der Waals surface area contributed by atoms with Crippen LogP contribution >= 0.6 is 0 Å². The Morgan fingerprint density at radius 1 is 1.04 bits per heavy atom. The number of carbonyl (C=O) groups is 1. The van der Waals surface area contributed by atoms with E-state index in [1.165, 1.54) is 0 Å². The molecule has 0 atom stereocenters. The minimum absolute atomic E-state index is 0.245. The Hall–Kier alpha value is -3.41. The predicted octanol–water partition coefficient (Wildman–Crippen LogP) is 3.86. The molecule has 27 heavy (non-hydrogen) atoms. The molecule has 138 valence electrons. The molecule has 0 spiro atoms. The fourth-order valence-electron chi connectivity index (χ4n) is 2.58. The summed E-state index contributed by atoms with van der Waals surface area (Å²) in [7, 11) is 0. The van der Waals surface area contributed by atoms with Gasteiger partial charge in [-0.25, -0.2) is 9.97 Å². The molecule has 6 heteroatoms. The van der Waals surface area contributed by atoms with Gasteiger partial charge in [0, 0.05) is 12.2 Å². The molecular formula is C21H22N4O2. The van der Waals surface area contributed by atoms with E-state index in [2.05, 4.69) is 20.6 Å². The molecule has 3 rings (SSSR count). The van der Waals surface area contributed by atoms with E-state index in [1.54, 1.807) is 6.07 Å². The van der Waals surface area contributed by atoms with Gasteiger partial charge in [0.15, 0.2) is 0 Å². The number of nitrogens with one attached hydrogen (secondary N) is 2. The Kier molecular flexibility index (Phi) is 5.99. The van der Waals surface area contributed by atoms with Crippen molar-refractivity contribution in [2.75, 3.05) is 11.9 Å². The third-order valence-corrected chi connectivity index (χ3v) is 3.82. The summed E-state index contributed by atoms with van der Waals surface area (Å²) in [5.74, 6) is 0.817. The molecule has 0 saturated carbocycles. The Labute approximate surface area is 158 Å². The van der Waals surface area contributed by atoms with E-state index < -0.39 is 0 Å². The van der Waals surface area contributed by atoms with Crippen molar-refractivity contribution in [1.29, 1.82) is 0 Å². The zero-order chi connectivity index (χ0) is 19.1. The Morgan fingerprint density at radius 3 is 2.56 bits per heavy atom. The van der Waals surface area contributed by atoms with E-state index in [0.29, 0.717) is 36.2 Å². The van der Waals surface area contributed by atoms with Crippen LogP contribution in [-0.4, -0.2) is 22.5 Å². The maximum Gasteiger partial charge on any atom is 0.270 e. The monoisotopic (exact) mass is 362 g/mol. The van der Waals surface area contributed by atoms with Crippen LogP contribution in [-0.2, 0) is 6.54 Å². The first-order chi connectivity index (χ1) is 13.2. The van der Waals surface area contributed by atoms with Crippen LogP contribution in [0.15, 0.2) is 60.7 Å². The second kappa shape index (κ2) is 8.80. The number of aromatic nitrogens is 2. The highest BCUT2D eigenvalue weighted by atomic mass is 16.5. The second-order valence-corrected chi connectivity index (χ2v) is 5.94. The number of carbonyl (C=O) groups excluding carboxylic acids is 1. The minimum atomic E-state index is -0.245. The Morgan fingerprint density at radius 2 is 1.78 bits per heavy atom. The summed E-state index contributed by atoms with van der Waals surface area (Å²) < 4.78 is 5.61. The van der Waals surface area contributed by atoms with E-state index in [9.17, 15) is 4.79 Å². The lowest BCUT2D eigenvalue weighted by molar-refractivity contribution is 0.0945. The van der Waals surface area contributed by atoms with Crippen LogP contribution in [0.1, 0.15) is 28.7 Å². The van der Waals surface area contributed by atoms with Crippen LogP contribution < -0.4 is 15.4 Å². The third-order valence-electron chi connectivity index (χ3n) is 3.82. The van der Waals surface area contributed by atoms with Crippen LogP contribution in [0.4, 0.5) is 11.6 Å². The van der Waals surface area contributed by atoms with Crippen LogP contribution in [0, 0.1) is 6.92 Å². The summed E-state index contributed by atoms with van der Waals surface area (Å²) in [6.07, 6.45) is 0. The highest BCUT2D eigenvalue weighted by Gasteiger charge is 2.12. The van der Waals surface area contributed by atoms with Crippen LogP contribution in [0.3, 0.4) is 0 Å². The summed E-state index contributed by atoms with van der Waals surface area (Å²) in [6.45, 7) is 4.75. The van der Waals surface area contributed by atoms with E-state index in [-0.39, 0.29) is 5.91 Å².